The molecule has 9 heteroatoms. The highest BCUT2D eigenvalue weighted by atomic mass is 35.5. The lowest BCUT2D eigenvalue weighted by Crippen LogP contribution is -2.18. The van der Waals surface area contributed by atoms with Crippen molar-refractivity contribution >= 4 is 29.0 Å². The first-order valence-electron chi connectivity index (χ1n) is 7.17. The van der Waals surface area contributed by atoms with Crippen molar-refractivity contribution in [1.82, 2.24) is 14.4 Å². The molecule has 0 bridgehead atoms. The summed E-state index contributed by atoms with van der Waals surface area (Å²) in [4.78, 5) is 20.7. The van der Waals surface area contributed by atoms with Crippen molar-refractivity contribution in [3.8, 4) is 0 Å². The van der Waals surface area contributed by atoms with Gasteiger partial charge in [0.2, 0.25) is 0 Å². The van der Waals surface area contributed by atoms with E-state index in [0.29, 0.717) is 5.82 Å². The first-order valence-corrected chi connectivity index (χ1v) is 7.54. The van der Waals surface area contributed by atoms with Crippen LogP contribution >= 0.6 is 11.6 Å². The number of anilines is 1. The third-order valence-electron chi connectivity index (χ3n) is 3.63. The summed E-state index contributed by atoms with van der Waals surface area (Å²) in [5.41, 5.74) is 0.0530. The van der Waals surface area contributed by atoms with E-state index >= 15 is 0 Å². The Hall–Kier alpha value is -2.61. The summed E-state index contributed by atoms with van der Waals surface area (Å²) in [6.45, 7) is 3.28. The van der Waals surface area contributed by atoms with Crippen LogP contribution in [0.4, 0.5) is 19.0 Å². The van der Waals surface area contributed by atoms with Crippen molar-refractivity contribution in [3.05, 3.63) is 58.1 Å². The quantitative estimate of drug-likeness (QED) is 0.734. The van der Waals surface area contributed by atoms with Gasteiger partial charge in [-0.1, -0.05) is 17.7 Å². The maximum Gasteiger partial charge on any atom is 0.417 e. The number of pyridine rings is 2. The Labute approximate surface area is 145 Å². The van der Waals surface area contributed by atoms with E-state index in [2.05, 4.69) is 15.3 Å². The Morgan fingerprint density at radius 3 is 2.68 bits per heavy atom. The Kier molecular flexibility index (Phi) is 4.16. The second-order valence-corrected chi connectivity index (χ2v) is 5.84. The predicted octanol–water partition coefficient (Wildman–Crippen LogP) is 4.27. The van der Waals surface area contributed by atoms with Crippen LogP contribution < -0.4 is 5.32 Å². The van der Waals surface area contributed by atoms with Gasteiger partial charge >= 0.3 is 6.18 Å². The molecule has 0 aliphatic rings. The molecule has 1 N–H and O–H groups in total. The van der Waals surface area contributed by atoms with Crippen LogP contribution in [0.15, 0.2) is 30.6 Å². The molecular weight excluding hydrogens is 357 g/mol. The summed E-state index contributed by atoms with van der Waals surface area (Å²) in [5, 5.41) is 2.40. The van der Waals surface area contributed by atoms with Crippen molar-refractivity contribution in [2.45, 2.75) is 20.0 Å². The molecule has 0 atom stereocenters. The number of carbonyl (C=O) groups is 1. The van der Waals surface area contributed by atoms with Crippen LogP contribution in [-0.2, 0) is 6.18 Å². The van der Waals surface area contributed by atoms with Gasteiger partial charge in [-0.3, -0.25) is 9.20 Å². The molecule has 3 rings (SSSR count). The number of aryl methyl sites for hydroxylation is 2. The van der Waals surface area contributed by atoms with Crippen LogP contribution in [0.25, 0.3) is 5.65 Å². The lowest BCUT2D eigenvalue weighted by molar-refractivity contribution is -0.137. The van der Waals surface area contributed by atoms with Crippen molar-refractivity contribution < 1.29 is 18.0 Å². The fourth-order valence-electron chi connectivity index (χ4n) is 2.43. The molecule has 25 heavy (non-hydrogen) atoms. The van der Waals surface area contributed by atoms with Crippen molar-refractivity contribution in [1.29, 1.82) is 0 Å². The molecule has 3 aromatic rings. The number of amides is 1. The number of alkyl halides is 3. The molecule has 1 amide bonds. The Morgan fingerprint density at radius 2 is 2.04 bits per heavy atom. The lowest BCUT2D eigenvalue weighted by atomic mass is 10.2. The number of hydrogen-bond donors (Lipinski definition) is 1. The van der Waals surface area contributed by atoms with Crippen LogP contribution in [0.3, 0.4) is 0 Å². The number of nitrogens with one attached hydrogen (secondary N) is 1. The summed E-state index contributed by atoms with van der Waals surface area (Å²) >= 11 is 5.92. The van der Waals surface area contributed by atoms with Crippen LogP contribution in [0.1, 0.15) is 27.3 Å². The molecule has 3 heterocycles. The van der Waals surface area contributed by atoms with E-state index < -0.39 is 17.6 Å². The molecule has 0 saturated heterocycles. The van der Waals surface area contributed by atoms with Gasteiger partial charge in [0.25, 0.3) is 5.91 Å². The zero-order chi connectivity index (χ0) is 18.4. The maximum atomic E-state index is 13.0. The first-order chi connectivity index (χ1) is 11.7. The summed E-state index contributed by atoms with van der Waals surface area (Å²) in [5.74, 6) is -0.304. The van der Waals surface area contributed by atoms with E-state index in [1.165, 1.54) is 13.1 Å². The number of hydrogen-bond acceptors (Lipinski definition) is 3. The van der Waals surface area contributed by atoms with E-state index in [-0.39, 0.29) is 22.1 Å². The zero-order valence-corrected chi connectivity index (χ0v) is 13.9. The monoisotopic (exact) mass is 368 g/mol. The molecule has 0 aromatic carbocycles. The Bertz CT molecular complexity index is 981. The average molecular weight is 369 g/mol. The molecule has 0 spiro atoms. The summed E-state index contributed by atoms with van der Waals surface area (Å²) in [7, 11) is 0. The third kappa shape index (κ3) is 3.17. The highest BCUT2D eigenvalue weighted by Gasteiger charge is 2.33. The highest BCUT2D eigenvalue weighted by Crippen LogP contribution is 2.33. The standard InChI is InChI=1S/C16H12ClF3N4O/c1-8-4-3-5-21-13(8)23-15(25)12-9(2)22-14-11(17)6-10(7-24(12)14)16(18,19)20/h3-7H,1-2H3,(H,21,23,25). The smallest absolute Gasteiger partial charge is 0.305 e. The largest absolute Gasteiger partial charge is 0.417 e. The minimum atomic E-state index is -4.60. The van der Waals surface area contributed by atoms with Crippen molar-refractivity contribution in [2.24, 2.45) is 0 Å². The molecule has 5 nitrogen and oxygen atoms in total. The maximum absolute atomic E-state index is 13.0. The number of fused-ring (bicyclic) bond motifs is 1. The molecule has 0 aliphatic carbocycles. The van der Waals surface area contributed by atoms with Gasteiger partial charge in [-0.2, -0.15) is 13.2 Å². The van der Waals surface area contributed by atoms with Gasteiger partial charge in [0.15, 0.2) is 5.65 Å². The number of carbonyl (C=O) groups excluding carboxylic acids is 1. The molecule has 0 aliphatic heterocycles. The van der Waals surface area contributed by atoms with Gasteiger partial charge in [0.05, 0.1) is 16.3 Å². The number of aromatic nitrogens is 3. The fourth-order valence-corrected chi connectivity index (χ4v) is 2.68. The van der Waals surface area contributed by atoms with Gasteiger partial charge in [0, 0.05) is 12.4 Å². The Balaban J connectivity index is 2.12. The van der Waals surface area contributed by atoms with Crippen LogP contribution in [0.2, 0.25) is 5.02 Å². The van der Waals surface area contributed by atoms with E-state index in [4.69, 9.17) is 11.6 Å². The lowest BCUT2D eigenvalue weighted by Gasteiger charge is -2.10. The van der Waals surface area contributed by atoms with Crippen molar-refractivity contribution in [2.75, 3.05) is 5.32 Å². The van der Waals surface area contributed by atoms with Crippen molar-refractivity contribution in [3.63, 3.8) is 0 Å². The Morgan fingerprint density at radius 1 is 1.32 bits per heavy atom. The number of rotatable bonds is 2. The number of halogens is 4. The summed E-state index contributed by atoms with van der Waals surface area (Å²) in [6, 6.07) is 4.25. The molecule has 0 radical (unpaired) electrons. The van der Waals surface area contributed by atoms with Gasteiger partial charge < -0.3 is 5.32 Å². The first kappa shape index (κ1) is 17.2. The number of imidazole rings is 1. The normalized spacial score (nSPS) is 11.8. The predicted molar refractivity (Wildman–Crippen MR) is 86.9 cm³/mol. The second-order valence-electron chi connectivity index (χ2n) is 5.44. The van der Waals surface area contributed by atoms with E-state index in [1.54, 1.807) is 19.1 Å². The topological polar surface area (TPSA) is 59.3 Å². The van der Waals surface area contributed by atoms with Crippen LogP contribution in [0, 0.1) is 13.8 Å². The SMILES string of the molecule is Cc1cccnc1NC(=O)c1c(C)nc2c(Cl)cc(C(F)(F)F)cn12. The second kappa shape index (κ2) is 6.03. The zero-order valence-electron chi connectivity index (χ0n) is 13.1. The molecule has 3 aromatic heterocycles. The summed E-state index contributed by atoms with van der Waals surface area (Å²) in [6.07, 6.45) is -2.29. The molecular formula is C16H12ClF3N4O. The number of nitrogens with zero attached hydrogens (tertiary/aromatic N) is 3. The summed E-state index contributed by atoms with van der Waals surface area (Å²) < 4.78 is 40.1. The third-order valence-corrected chi connectivity index (χ3v) is 3.91. The minimum Gasteiger partial charge on any atom is -0.305 e. The van der Waals surface area contributed by atoms with E-state index in [0.717, 1.165) is 22.2 Å². The van der Waals surface area contributed by atoms with Crippen LogP contribution in [0.5, 0.6) is 0 Å². The van der Waals surface area contributed by atoms with Crippen LogP contribution in [-0.4, -0.2) is 20.3 Å². The molecule has 0 fully saturated rings. The van der Waals surface area contributed by atoms with Gasteiger partial charge in [0.1, 0.15) is 11.5 Å². The fraction of sp³-hybridized carbons (Fsp3) is 0.188. The molecule has 0 unspecified atom stereocenters. The highest BCUT2D eigenvalue weighted by molar-refractivity contribution is 6.33. The van der Waals surface area contributed by atoms with E-state index in [9.17, 15) is 18.0 Å². The van der Waals surface area contributed by atoms with E-state index in [1.807, 2.05) is 0 Å². The van der Waals surface area contributed by atoms with Gasteiger partial charge in [-0.05, 0) is 31.5 Å². The molecule has 130 valence electrons. The molecule has 0 saturated carbocycles. The van der Waals surface area contributed by atoms with Gasteiger partial charge in [-0.15, -0.1) is 0 Å². The van der Waals surface area contributed by atoms with Gasteiger partial charge in [-0.25, -0.2) is 9.97 Å². The minimum absolute atomic E-state index is 0.0342. The average Bonchev–Trinajstić information content (AvgIpc) is 2.85.